The maximum atomic E-state index is 12.3. The molecule has 0 unspecified atom stereocenters. The van der Waals surface area contributed by atoms with Gasteiger partial charge in [0.2, 0.25) is 0 Å². The molecular weight excluding hydrogens is 354 g/mol. The molecule has 0 bridgehead atoms. The van der Waals surface area contributed by atoms with E-state index in [-0.39, 0.29) is 11.3 Å². The van der Waals surface area contributed by atoms with Crippen molar-refractivity contribution >= 4 is 29.5 Å². The van der Waals surface area contributed by atoms with Crippen molar-refractivity contribution in [2.45, 2.75) is 20.0 Å². The molecule has 3 N–H and O–H groups in total. The smallest absolute Gasteiger partial charge is 0.338 e. The number of nitrogens with one attached hydrogen (secondary N) is 3. The molecule has 2 rings (SSSR count). The highest BCUT2D eigenvalue weighted by Gasteiger charge is 2.21. The van der Waals surface area contributed by atoms with Crippen LogP contribution in [0.5, 0.6) is 0 Å². The first-order valence-corrected chi connectivity index (χ1v) is 8.01. The van der Waals surface area contributed by atoms with Gasteiger partial charge in [-0.25, -0.2) is 9.59 Å². The van der Waals surface area contributed by atoms with Crippen molar-refractivity contribution < 1.29 is 28.3 Å². The molecule has 1 heterocycles. The van der Waals surface area contributed by atoms with Gasteiger partial charge in [0.05, 0.1) is 11.8 Å². The minimum Gasteiger partial charge on any atom is -0.459 e. The first-order chi connectivity index (χ1) is 12.8. The normalized spacial score (nSPS) is 11.2. The predicted molar refractivity (Wildman–Crippen MR) is 95.3 cm³/mol. The van der Waals surface area contributed by atoms with Gasteiger partial charge in [-0.15, -0.1) is 0 Å². The van der Waals surface area contributed by atoms with Crippen molar-refractivity contribution in [1.29, 1.82) is 0 Å². The van der Waals surface area contributed by atoms with Gasteiger partial charge in [-0.3, -0.25) is 14.9 Å². The number of furan rings is 1. The van der Waals surface area contributed by atoms with Crippen molar-refractivity contribution in [1.82, 2.24) is 10.6 Å². The minimum atomic E-state index is -1.18. The molecule has 0 radical (unpaired) electrons. The Labute approximate surface area is 155 Å². The molecule has 0 saturated carbocycles. The molecule has 9 heteroatoms. The van der Waals surface area contributed by atoms with E-state index >= 15 is 0 Å². The summed E-state index contributed by atoms with van der Waals surface area (Å²) in [5.41, 5.74) is 1.25. The second-order valence-corrected chi connectivity index (χ2v) is 5.58. The van der Waals surface area contributed by atoms with E-state index in [2.05, 4.69) is 10.6 Å². The molecule has 0 saturated heterocycles. The van der Waals surface area contributed by atoms with Crippen LogP contribution in [-0.2, 0) is 9.53 Å². The van der Waals surface area contributed by atoms with Crippen LogP contribution in [0.1, 0.15) is 33.4 Å². The Morgan fingerprint density at radius 1 is 1.15 bits per heavy atom. The van der Waals surface area contributed by atoms with Gasteiger partial charge in [0, 0.05) is 12.7 Å². The lowest BCUT2D eigenvalue weighted by atomic mass is 10.1. The molecule has 0 spiro atoms. The summed E-state index contributed by atoms with van der Waals surface area (Å²) in [6, 6.07) is 6.95. The Balaban J connectivity index is 2.07. The third kappa shape index (κ3) is 5.18. The molecule has 27 heavy (non-hydrogen) atoms. The molecule has 9 nitrogen and oxygen atoms in total. The summed E-state index contributed by atoms with van der Waals surface area (Å²) in [6.45, 7) is 3.09. The summed E-state index contributed by atoms with van der Waals surface area (Å²) in [7, 11) is 1.35. The van der Waals surface area contributed by atoms with Gasteiger partial charge in [0.15, 0.2) is 11.9 Å². The fraction of sp³-hybridized carbons (Fsp3) is 0.222. The molecule has 0 aliphatic rings. The van der Waals surface area contributed by atoms with E-state index in [0.717, 1.165) is 5.56 Å². The maximum Gasteiger partial charge on any atom is 0.338 e. The Bertz CT molecular complexity index is 860. The molecule has 1 atom stereocenters. The van der Waals surface area contributed by atoms with Crippen LogP contribution in [0.4, 0.5) is 10.5 Å². The zero-order valence-corrected chi connectivity index (χ0v) is 15.0. The Morgan fingerprint density at radius 2 is 1.89 bits per heavy atom. The second-order valence-electron chi connectivity index (χ2n) is 5.58. The van der Waals surface area contributed by atoms with Gasteiger partial charge in [-0.05, 0) is 43.7 Å². The summed E-state index contributed by atoms with van der Waals surface area (Å²) in [5, 5.41) is 6.88. The standard InChI is InChI=1S/C18H19N3O6/c1-10-6-7-12(9-13(10)20-16(23)14-5-4-8-26-14)17(24)27-11(2)15(22)21-18(25)19-3/h4-9,11H,1-3H3,(H,20,23)(H2,19,21,22,25)/t11-/m0/s1. The first kappa shape index (κ1) is 19.7. The van der Waals surface area contributed by atoms with Crippen LogP contribution < -0.4 is 16.0 Å². The third-order valence-corrected chi connectivity index (χ3v) is 3.58. The van der Waals surface area contributed by atoms with Crippen LogP contribution in [0.25, 0.3) is 0 Å². The number of amides is 4. The lowest BCUT2D eigenvalue weighted by Crippen LogP contribution is -2.43. The fourth-order valence-corrected chi connectivity index (χ4v) is 2.03. The zero-order valence-electron chi connectivity index (χ0n) is 15.0. The molecule has 0 fully saturated rings. The summed E-state index contributed by atoms with van der Waals surface area (Å²) in [4.78, 5) is 47.2. The van der Waals surface area contributed by atoms with Gasteiger partial charge in [0.1, 0.15) is 0 Å². The maximum absolute atomic E-state index is 12.3. The summed E-state index contributed by atoms with van der Waals surface area (Å²) in [6.07, 6.45) is 0.193. The first-order valence-electron chi connectivity index (χ1n) is 8.01. The molecule has 1 aromatic carbocycles. The van der Waals surface area contributed by atoms with E-state index in [9.17, 15) is 19.2 Å². The Morgan fingerprint density at radius 3 is 2.52 bits per heavy atom. The molecule has 1 aromatic heterocycles. The number of carbonyl (C=O) groups excluding carboxylic acids is 4. The molecule has 142 valence electrons. The second kappa shape index (κ2) is 8.65. The van der Waals surface area contributed by atoms with Crippen molar-refractivity contribution in [2.75, 3.05) is 12.4 Å². The van der Waals surface area contributed by atoms with Crippen LogP contribution in [0.15, 0.2) is 41.0 Å². The van der Waals surface area contributed by atoms with Crippen LogP contribution >= 0.6 is 0 Å². The number of ether oxygens (including phenoxy) is 1. The van der Waals surface area contributed by atoms with E-state index in [1.165, 1.54) is 38.4 Å². The van der Waals surface area contributed by atoms with Crippen LogP contribution in [0, 0.1) is 6.92 Å². The van der Waals surface area contributed by atoms with Gasteiger partial charge < -0.3 is 19.8 Å². The van der Waals surface area contributed by atoms with Crippen molar-refractivity contribution in [3.63, 3.8) is 0 Å². The molecular formula is C18H19N3O6. The number of aryl methyl sites for hydroxylation is 1. The number of hydrogen-bond acceptors (Lipinski definition) is 6. The Hall–Kier alpha value is -3.62. The number of carbonyl (C=O) groups is 4. The molecule has 0 aliphatic carbocycles. The monoisotopic (exact) mass is 373 g/mol. The lowest BCUT2D eigenvalue weighted by molar-refractivity contribution is -0.127. The van der Waals surface area contributed by atoms with Gasteiger partial charge >= 0.3 is 12.0 Å². The van der Waals surface area contributed by atoms with E-state index in [4.69, 9.17) is 9.15 Å². The van der Waals surface area contributed by atoms with E-state index in [1.807, 2.05) is 5.32 Å². The van der Waals surface area contributed by atoms with Gasteiger partial charge in [-0.2, -0.15) is 0 Å². The van der Waals surface area contributed by atoms with Crippen molar-refractivity contribution in [3.05, 3.63) is 53.5 Å². The molecule has 2 aromatic rings. The number of urea groups is 1. The topological polar surface area (TPSA) is 127 Å². The highest BCUT2D eigenvalue weighted by molar-refractivity contribution is 6.03. The van der Waals surface area contributed by atoms with Crippen LogP contribution in [-0.4, -0.2) is 37.0 Å². The van der Waals surface area contributed by atoms with Crippen LogP contribution in [0.2, 0.25) is 0 Å². The number of hydrogen-bond donors (Lipinski definition) is 3. The highest BCUT2D eigenvalue weighted by atomic mass is 16.5. The van der Waals surface area contributed by atoms with Crippen molar-refractivity contribution in [2.24, 2.45) is 0 Å². The SMILES string of the molecule is CNC(=O)NC(=O)[C@H](C)OC(=O)c1ccc(C)c(NC(=O)c2ccco2)c1. The number of rotatable bonds is 5. The number of anilines is 1. The van der Waals surface area contributed by atoms with Crippen LogP contribution in [0.3, 0.4) is 0 Å². The fourth-order valence-electron chi connectivity index (χ4n) is 2.03. The third-order valence-electron chi connectivity index (χ3n) is 3.58. The summed E-state index contributed by atoms with van der Waals surface area (Å²) >= 11 is 0. The molecule has 0 aliphatic heterocycles. The van der Waals surface area contributed by atoms with Gasteiger partial charge in [-0.1, -0.05) is 6.07 Å². The molecule has 4 amide bonds. The average Bonchev–Trinajstić information content (AvgIpc) is 3.17. The van der Waals surface area contributed by atoms with Gasteiger partial charge in [0.25, 0.3) is 11.8 Å². The number of benzene rings is 1. The zero-order chi connectivity index (χ0) is 20.0. The quantitative estimate of drug-likeness (QED) is 0.687. The number of esters is 1. The average molecular weight is 373 g/mol. The van der Waals surface area contributed by atoms with Crippen molar-refractivity contribution in [3.8, 4) is 0 Å². The Kier molecular flexibility index (Phi) is 6.32. The highest BCUT2D eigenvalue weighted by Crippen LogP contribution is 2.19. The minimum absolute atomic E-state index is 0.127. The van der Waals surface area contributed by atoms with E-state index in [0.29, 0.717) is 5.69 Å². The van der Waals surface area contributed by atoms with E-state index < -0.39 is 29.9 Å². The largest absolute Gasteiger partial charge is 0.459 e. The summed E-state index contributed by atoms with van der Waals surface area (Å²) in [5.74, 6) is -1.88. The number of imide groups is 1. The summed E-state index contributed by atoms with van der Waals surface area (Å²) < 4.78 is 10.1. The predicted octanol–water partition coefficient (Wildman–Crippen LogP) is 1.84. The lowest BCUT2D eigenvalue weighted by Gasteiger charge is -2.14. The van der Waals surface area contributed by atoms with E-state index in [1.54, 1.807) is 19.1 Å².